The molecule has 3 rings (SSSR count). The number of nitrogens with one attached hydrogen (secondary N) is 1. The fourth-order valence-corrected chi connectivity index (χ4v) is 2.86. The van der Waals surface area contributed by atoms with E-state index in [9.17, 15) is 4.79 Å². The number of carbonyl (C=O) groups excluding carboxylic acids is 1. The molecule has 2 aromatic carbocycles. The average Bonchev–Trinajstić information content (AvgIpc) is 3.02. The molecular formula is C20H21NO5. The third-order valence-electron chi connectivity index (χ3n) is 4.17. The van der Waals surface area contributed by atoms with Gasteiger partial charge in [-0.1, -0.05) is 18.2 Å². The molecule has 0 spiro atoms. The summed E-state index contributed by atoms with van der Waals surface area (Å²) in [5.74, 6) is 1.03. The Morgan fingerprint density at radius 3 is 2.46 bits per heavy atom. The lowest BCUT2D eigenvalue weighted by Gasteiger charge is -2.13. The second-order valence-corrected chi connectivity index (χ2v) is 5.82. The zero-order valence-electron chi connectivity index (χ0n) is 15.2. The first-order valence-corrected chi connectivity index (χ1v) is 8.12. The second-order valence-electron chi connectivity index (χ2n) is 5.82. The molecule has 0 aliphatic carbocycles. The van der Waals surface area contributed by atoms with Crippen LogP contribution in [-0.2, 0) is 11.3 Å². The van der Waals surface area contributed by atoms with Gasteiger partial charge in [0.2, 0.25) is 0 Å². The molecule has 0 aliphatic rings. The summed E-state index contributed by atoms with van der Waals surface area (Å²) in [7, 11) is 4.71. The lowest BCUT2D eigenvalue weighted by Crippen LogP contribution is -2.14. The summed E-state index contributed by atoms with van der Waals surface area (Å²) in [6, 6.07) is 11.0. The van der Waals surface area contributed by atoms with E-state index in [1.54, 1.807) is 27.4 Å². The largest absolute Gasteiger partial charge is 0.493 e. The number of ether oxygens (including phenoxy) is 3. The van der Waals surface area contributed by atoms with Crippen LogP contribution in [0.4, 0.5) is 5.69 Å². The monoisotopic (exact) mass is 355 g/mol. The summed E-state index contributed by atoms with van der Waals surface area (Å²) in [4.78, 5) is 12.9. The lowest BCUT2D eigenvalue weighted by molar-refractivity contribution is 0.0992. The molecule has 0 bridgehead atoms. The number of hydrogen-bond donors (Lipinski definition) is 1. The lowest BCUT2D eigenvalue weighted by atomic mass is 10.1. The van der Waals surface area contributed by atoms with Gasteiger partial charge in [-0.05, 0) is 24.6 Å². The molecule has 0 fully saturated rings. The molecule has 0 saturated carbocycles. The fourth-order valence-electron chi connectivity index (χ4n) is 2.86. The number of anilines is 1. The van der Waals surface area contributed by atoms with Crippen LogP contribution in [0.1, 0.15) is 21.7 Å². The Morgan fingerprint density at radius 2 is 1.77 bits per heavy atom. The number of benzene rings is 2. The standard InChI is InChI=1S/C20H21NO5/c1-12-9-17(24-3)18(25-4)10-15(12)21-20(22)19-14(11-23-2)13-7-5-6-8-16(13)26-19/h5-10H,11H2,1-4H3,(H,21,22). The minimum atomic E-state index is -0.344. The van der Waals surface area contributed by atoms with Crippen LogP contribution in [0, 0.1) is 6.92 Å². The van der Waals surface area contributed by atoms with E-state index >= 15 is 0 Å². The number of fused-ring (bicyclic) bond motifs is 1. The van der Waals surface area contributed by atoms with Crippen LogP contribution in [0.25, 0.3) is 11.0 Å². The topological polar surface area (TPSA) is 69.9 Å². The smallest absolute Gasteiger partial charge is 0.291 e. The summed E-state index contributed by atoms with van der Waals surface area (Å²) >= 11 is 0. The predicted octanol–water partition coefficient (Wildman–Crippen LogP) is 4.16. The Balaban J connectivity index is 1.98. The molecule has 3 aromatic rings. The average molecular weight is 355 g/mol. The summed E-state index contributed by atoms with van der Waals surface area (Å²) in [6.45, 7) is 2.16. The first kappa shape index (κ1) is 17.8. The second kappa shape index (κ2) is 7.49. The van der Waals surface area contributed by atoms with Gasteiger partial charge in [-0.25, -0.2) is 0 Å². The molecule has 1 aromatic heterocycles. The highest BCUT2D eigenvalue weighted by atomic mass is 16.5. The quantitative estimate of drug-likeness (QED) is 0.719. The van der Waals surface area contributed by atoms with E-state index in [0.717, 1.165) is 16.5 Å². The number of para-hydroxylation sites is 1. The highest BCUT2D eigenvalue weighted by Gasteiger charge is 2.21. The number of rotatable bonds is 6. The zero-order valence-corrected chi connectivity index (χ0v) is 15.2. The Hall–Kier alpha value is -2.99. The van der Waals surface area contributed by atoms with Crippen LogP contribution in [0.5, 0.6) is 11.5 Å². The molecule has 136 valence electrons. The van der Waals surface area contributed by atoms with Gasteiger partial charge in [0.15, 0.2) is 17.3 Å². The van der Waals surface area contributed by atoms with Crippen LogP contribution in [0.15, 0.2) is 40.8 Å². The molecule has 0 aliphatic heterocycles. The van der Waals surface area contributed by atoms with Gasteiger partial charge in [-0.3, -0.25) is 4.79 Å². The third-order valence-corrected chi connectivity index (χ3v) is 4.17. The van der Waals surface area contributed by atoms with E-state index in [4.69, 9.17) is 18.6 Å². The van der Waals surface area contributed by atoms with Gasteiger partial charge in [0.1, 0.15) is 5.58 Å². The van der Waals surface area contributed by atoms with E-state index in [1.807, 2.05) is 37.3 Å². The van der Waals surface area contributed by atoms with Gasteiger partial charge in [-0.2, -0.15) is 0 Å². The van der Waals surface area contributed by atoms with E-state index in [2.05, 4.69) is 5.32 Å². The first-order valence-electron chi connectivity index (χ1n) is 8.12. The van der Waals surface area contributed by atoms with Gasteiger partial charge in [0.05, 0.1) is 20.8 Å². The Kier molecular flexibility index (Phi) is 5.14. The molecule has 0 saturated heterocycles. The highest BCUT2D eigenvalue weighted by Crippen LogP contribution is 2.34. The van der Waals surface area contributed by atoms with Gasteiger partial charge in [-0.15, -0.1) is 0 Å². The molecular weight excluding hydrogens is 334 g/mol. The number of carbonyl (C=O) groups is 1. The van der Waals surface area contributed by atoms with E-state index in [1.165, 1.54) is 0 Å². The van der Waals surface area contributed by atoms with Crippen molar-refractivity contribution in [1.29, 1.82) is 0 Å². The van der Waals surface area contributed by atoms with Gasteiger partial charge < -0.3 is 23.9 Å². The summed E-state index contributed by atoms with van der Waals surface area (Å²) < 4.78 is 21.6. The summed E-state index contributed by atoms with van der Waals surface area (Å²) in [6.07, 6.45) is 0. The van der Waals surface area contributed by atoms with Crippen molar-refractivity contribution in [3.63, 3.8) is 0 Å². The minimum Gasteiger partial charge on any atom is -0.493 e. The molecule has 0 atom stereocenters. The van der Waals surface area contributed by atoms with Crippen LogP contribution >= 0.6 is 0 Å². The number of aryl methyl sites for hydroxylation is 1. The van der Waals surface area contributed by atoms with Gasteiger partial charge in [0.25, 0.3) is 5.91 Å². The number of methoxy groups -OCH3 is 3. The Morgan fingerprint density at radius 1 is 1.08 bits per heavy atom. The van der Waals surface area contributed by atoms with Crippen LogP contribution in [-0.4, -0.2) is 27.2 Å². The van der Waals surface area contributed by atoms with Crippen molar-refractivity contribution in [3.8, 4) is 11.5 Å². The molecule has 0 radical (unpaired) electrons. The number of hydrogen-bond acceptors (Lipinski definition) is 5. The summed E-state index contributed by atoms with van der Waals surface area (Å²) in [5, 5.41) is 3.75. The van der Waals surface area contributed by atoms with Crippen molar-refractivity contribution in [2.45, 2.75) is 13.5 Å². The molecule has 0 unspecified atom stereocenters. The predicted molar refractivity (Wildman–Crippen MR) is 99.2 cm³/mol. The van der Waals surface area contributed by atoms with Crippen LogP contribution < -0.4 is 14.8 Å². The van der Waals surface area contributed by atoms with Gasteiger partial charge in [0, 0.05) is 29.8 Å². The number of amides is 1. The molecule has 6 nitrogen and oxygen atoms in total. The Bertz CT molecular complexity index is 945. The van der Waals surface area contributed by atoms with E-state index in [0.29, 0.717) is 22.8 Å². The highest BCUT2D eigenvalue weighted by molar-refractivity contribution is 6.07. The normalized spacial score (nSPS) is 10.8. The van der Waals surface area contributed by atoms with Crippen LogP contribution in [0.3, 0.4) is 0 Å². The molecule has 1 amide bonds. The van der Waals surface area contributed by atoms with Crippen molar-refractivity contribution in [1.82, 2.24) is 0 Å². The van der Waals surface area contributed by atoms with Crippen molar-refractivity contribution in [2.75, 3.05) is 26.6 Å². The molecule has 1 heterocycles. The maximum absolute atomic E-state index is 12.9. The molecule has 26 heavy (non-hydrogen) atoms. The zero-order chi connectivity index (χ0) is 18.7. The van der Waals surface area contributed by atoms with Crippen molar-refractivity contribution in [3.05, 3.63) is 53.3 Å². The van der Waals surface area contributed by atoms with E-state index < -0.39 is 0 Å². The fraction of sp³-hybridized carbons (Fsp3) is 0.250. The van der Waals surface area contributed by atoms with Crippen molar-refractivity contribution in [2.24, 2.45) is 0 Å². The molecule has 6 heteroatoms. The van der Waals surface area contributed by atoms with E-state index in [-0.39, 0.29) is 18.3 Å². The first-order chi connectivity index (χ1) is 12.6. The van der Waals surface area contributed by atoms with Crippen molar-refractivity contribution >= 4 is 22.6 Å². The maximum Gasteiger partial charge on any atom is 0.291 e. The molecule has 1 N–H and O–H groups in total. The minimum absolute atomic E-state index is 0.238. The summed E-state index contributed by atoms with van der Waals surface area (Å²) in [5.41, 5.74) is 2.84. The Labute approximate surface area is 151 Å². The third kappa shape index (κ3) is 3.23. The number of furan rings is 1. The van der Waals surface area contributed by atoms with Crippen LogP contribution in [0.2, 0.25) is 0 Å². The maximum atomic E-state index is 12.9. The van der Waals surface area contributed by atoms with Gasteiger partial charge >= 0.3 is 0 Å². The van der Waals surface area contributed by atoms with Crippen molar-refractivity contribution < 1.29 is 23.4 Å². The SMILES string of the molecule is COCc1c(C(=O)Nc2cc(OC)c(OC)cc2C)oc2ccccc12.